The first-order chi connectivity index (χ1) is 9.58. The van der Waals surface area contributed by atoms with E-state index in [0.29, 0.717) is 12.3 Å². The van der Waals surface area contributed by atoms with E-state index in [4.69, 9.17) is 5.73 Å². The van der Waals surface area contributed by atoms with Crippen LogP contribution < -0.4 is 11.1 Å². The molecule has 2 aromatic rings. The van der Waals surface area contributed by atoms with Crippen molar-refractivity contribution in [1.82, 2.24) is 20.2 Å². The van der Waals surface area contributed by atoms with Crippen molar-refractivity contribution in [3.8, 4) is 5.69 Å². The molecule has 0 aliphatic carbocycles. The van der Waals surface area contributed by atoms with Crippen LogP contribution in [-0.4, -0.2) is 32.2 Å². The third kappa shape index (κ3) is 3.39. The van der Waals surface area contributed by atoms with E-state index in [1.54, 1.807) is 0 Å². The van der Waals surface area contributed by atoms with E-state index in [0.717, 1.165) is 5.69 Å². The Bertz CT molecular complexity index is 565. The number of tetrazole rings is 1. The van der Waals surface area contributed by atoms with Gasteiger partial charge in [0.15, 0.2) is 0 Å². The van der Waals surface area contributed by atoms with Gasteiger partial charge in [-0.3, -0.25) is 10.1 Å². The number of nitrogens with two attached hydrogens (primary N) is 1. The van der Waals surface area contributed by atoms with Crippen LogP contribution in [-0.2, 0) is 4.79 Å². The summed E-state index contributed by atoms with van der Waals surface area (Å²) in [7, 11) is 0. The number of nitrogens with one attached hydrogen (secondary N) is 1. The van der Waals surface area contributed by atoms with Gasteiger partial charge in [0.1, 0.15) is 0 Å². The quantitative estimate of drug-likeness (QED) is 0.846. The van der Waals surface area contributed by atoms with E-state index in [1.165, 1.54) is 4.68 Å². The highest BCUT2D eigenvalue weighted by molar-refractivity contribution is 5.93. The van der Waals surface area contributed by atoms with Gasteiger partial charge in [0, 0.05) is 0 Å². The van der Waals surface area contributed by atoms with Gasteiger partial charge in [0.05, 0.1) is 11.7 Å². The third-order valence-electron chi connectivity index (χ3n) is 2.77. The lowest BCUT2D eigenvalue weighted by molar-refractivity contribution is -0.117. The van der Waals surface area contributed by atoms with E-state index < -0.39 is 6.04 Å². The molecule has 7 heteroatoms. The molecule has 0 unspecified atom stereocenters. The van der Waals surface area contributed by atoms with Crippen molar-refractivity contribution in [2.24, 2.45) is 11.7 Å². The normalized spacial score (nSPS) is 12.4. The van der Waals surface area contributed by atoms with Gasteiger partial charge in [0.2, 0.25) is 5.91 Å². The molecule has 1 heterocycles. The molecule has 1 aromatic heterocycles. The van der Waals surface area contributed by atoms with Crippen molar-refractivity contribution < 1.29 is 4.79 Å². The maximum Gasteiger partial charge on any atom is 0.254 e. The first kappa shape index (κ1) is 14.1. The summed E-state index contributed by atoms with van der Waals surface area (Å²) < 4.78 is 1.46. The minimum Gasteiger partial charge on any atom is -0.320 e. The molecule has 0 aliphatic rings. The number of benzene rings is 1. The third-order valence-corrected chi connectivity index (χ3v) is 2.77. The Morgan fingerprint density at radius 3 is 2.70 bits per heavy atom. The summed E-state index contributed by atoms with van der Waals surface area (Å²) in [6.45, 7) is 4.03. The highest BCUT2D eigenvalue weighted by Crippen LogP contribution is 2.11. The summed E-state index contributed by atoms with van der Waals surface area (Å²) in [5.41, 5.74) is 6.60. The molecule has 0 bridgehead atoms. The molecule has 0 radical (unpaired) electrons. The Morgan fingerprint density at radius 1 is 1.35 bits per heavy atom. The average molecular weight is 274 g/mol. The van der Waals surface area contributed by atoms with Crippen LogP contribution in [0.15, 0.2) is 30.3 Å². The number of carbonyl (C=O) groups excluding carboxylic acids is 1. The van der Waals surface area contributed by atoms with E-state index >= 15 is 0 Å². The number of anilines is 1. The number of hydrogen-bond donors (Lipinski definition) is 2. The van der Waals surface area contributed by atoms with Gasteiger partial charge in [0.25, 0.3) is 5.95 Å². The Morgan fingerprint density at radius 2 is 2.05 bits per heavy atom. The second-order valence-electron chi connectivity index (χ2n) is 4.98. The Labute approximate surface area is 117 Å². The maximum absolute atomic E-state index is 12.0. The summed E-state index contributed by atoms with van der Waals surface area (Å²) in [5, 5.41) is 13.9. The number of amides is 1. The zero-order chi connectivity index (χ0) is 14.5. The van der Waals surface area contributed by atoms with Crippen molar-refractivity contribution in [2.45, 2.75) is 26.3 Å². The smallest absolute Gasteiger partial charge is 0.254 e. The molecule has 1 amide bonds. The zero-order valence-corrected chi connectivity index (χ0v) is 11.5. The molecular formula is C13H18N6O. The molecule has 2 rings (SSSR count). The van der Waals surface area contributed by atoms with E-state index in [-0.39, 0.29) is 11.9 Å². The number of hydrogen-bond acceptors (Lipinski definition) is 5. The van der Waals surface area contributed by atoms with Crippen molar-refractivity contribution >= 4 is 11.9 Å². The minimum absolute atomic E-state index is 0.264. The van der Waals surface area contributed by atoms with Gasteiger partial charge >= 0.3 is 0 Å². The van der Waals surface area contributed by atoms with Gasteiger partial charge < -0.3 is 5.73 Å². The molecule has 1 aromatic carbocycles. The highest BCUT2D eigenvalue weighted by atomic mass is 16.2. The van der Waals surface area contributed by atoms with Crippen LogP contribution >= 0.6 is 0 Å². The summed E-state index contributed by atoms with van der Waals surface area (Å²) >= 11 is 0. The molecule has 0 spiro atoms. The summed E-state index contributed by atoms with van der Waals surface area (Å²) in [6, 6.07) is 8.75. The molecule has 1 atom stereocenters. The van der Waals surface area contributed by atoms with Gasteiger partial charge in [-0.15, -0.1) is 0 Å². The van der Waals surface area contributed by atoms with Gasteiger partial charge in [-0.2, -0.15) is 4.68 Å². The van der Waals surface area contributed by atoms with Gasteiger partial charge in [-0.25, -0.2) is 0 Å². The van der Waals surface area contributed by atoms with Crippen LogP contribution in [0.5, 0.6) is 0 Å². The first-order valence-corrected chi connectivity index (χ1v) is 6.48. The molecular weight excluding hydrogens is 256 g/mol. The second-order valence-corrected chi connectivity index (χ2v) is 4.98. The predicted molar refractivity (Wildman–Crippen MR) is 75.2 cm³/mol. The van der Waals surface area contributed by atoms with E-state index in [1.807, 2.05) is 44.2 Å². The molecule has 3 N–H and O–H groups in total. The summed E-state index contributed by atoms with van der Waals surface area (Å²) in [4.78, 5) is 12.0. The fourth-order valence-corrected chi connectivity index (χ4v) is 1.83. The molecule has 0 saturated heterocycles. The molecule has 20 heavy (non-hydrogen) atoms. The van der Waals surface area contributed by atoms with E-state index in [2.05, 4.69) is 20.8 Å². The van der Waals surface area contributed by atoms with Crippen molar-refractivity contribution in [1.29, 1.82) is 0 Å². The minimum atomic E-state index is -0.573. The molecule has 0 aliphatic heterocycles. The van der Waals surface area contributed by atoms with Crippen LogP contribution in [0.1, 0.15) is 20.3 Å². The zero-order valence-electron chi connectivity index (χ0n) is 11.5. The van der Waals surface area contributed by atoms with Crippen LogP contribution in [0.4, 0.5) is 5.95 Å². The number of rotatable bonds is 5. The topological polar surface area (TPSA) is 98.7 Å². The number of para-hydroxylation sites is 1. The Hall–Kier alpha value is -2.28. The predicted octanol–water partition coefficient (Wildman–Crippen LogP) is 0.974. The summed E-state index contributed by atoms with van der Waals surface area (Å²) in [6.07, 6.45) is 0.610. The average Bonchev–Trinajstić information content (AvgIpc) is 2.87. The monoisotopic (exact) mass is 274 g/mol. The standard InChI is InChI=1S/C13H18N6O/c1-9(2)8-11(14)12(20)15-13-16-17-18-19(13)10-6-4-3-5-7-10/h3-7,9,11H,8,14H2,1-2H3,(H,15,16,18,20)/t11-/m0/s1. The fraction of sp³-hybridized carbons (Fsp3) is 0.385. The maximum atomic E-state index is 12.0. The number of carbonyl (C=O) groups is 1. The van der Waals surface area contributed by atoms with Crippen molar-refractivity contribution in [2.75, 3.05) is 5.32 Å². The van der Waals surface area contributed by atoms with Crippen LogP contribution in [0.3, 0.4) is 0 Å². The van der Waals surface area contributed by atoms with Gasteiger partial charge in [-0.1, -0.05) is 37.1 Å². The largest absolute Gasteiger partial charge is 0.320 e. The van der Waals surface area contributed by atoms with Gasteiger partial charge in [-0.05, 0) is 34.9 Å². The lowest BCUT2D eigenvalue weighted by atomic mass is 10.0. The number of aromatic nitrogens is 4. The van der Waals surface area contributed by atoms with E-state index in [9.17, 15) is 4.79 Å². The Balaban J connectivity index is 2.12. The highest BCUT2D eigenvalue weighted by Gasteiger charge is 2.18. The van der Waals surface area contributed by atoms with Crippen molar-refractivity contribution in [3.63, 3.8) is 0 Å². The Kier molecular flexibility index (Phi) is 4.41. The van der Waals surface area contributed by atoms with Crippen LogP contribution in [0, 0.1) is 5.92 Å². The molecule has 0 saturated carbocycles. The second kappa shape index (κ2) is 6.25. The SMILES string of the molecule is CC(C)C[C@H](N)C(=O)Nc1nnnn1-c1ccccc1. The lowest BCUT2D eigenvalue weighted by Crippen LogP contribution is -2.37. The summed E-state index contributed by atoms with van der Waals surface area (Å²) in [5.74, 6) is 0.326. The molecule has 7 nitrogen and oxygen atoms in total. The molecule has 106 valence electrons. The van der Waals surface area contributed by atoms with Crippen LogP contribution in [0.25, 0.3) is 5.69 Å². The molecule has 0 fully saturated rings. The fourth-order valence-electron chi connectivity index (χ4n) is 1.83. The van der Waals surface area contributed by atoms with Crippen LogP contribution in [0.2, 0.25) is 0 Å². The van der Waals surface area contributed by atoms with Crippen molar-refractivity contribution in [3.05, 3.63) is 30.3 Å². The number of nitrogens with zero attached hydrogens (tertiary/aromatic N) is 4. The lowest BCUT2D eigenvalue weighted by Gasteiger charge is -2.13. The first-order valence-electron chi connectivity index (χ1n) is 6.48.